The van der Waals surface area contributed by atoms with Gasteiger partial charge in [0.25, 0.3) is 5.91 Å². The van der Waals surface area contributed by atoms with Crippen LogP contribution in [0, 0.1) is 20.8 Å². The number of amides is 1. The van der Waals surface area contributed by atoms with Gasteiger partial charge in [0.2, 0.25) is 0 Å². The van der Waals surface area contributed by atoms with Crippen molar-refractivity contribution in [1.82, 2.24) is 14.6 Å². The van der Waals surface area contributed by atoms with E-state index >= 15 is 0 Å². The molecule has 1 aliphatic carbocycles. The van der Waals surface area contributed by atoms with E-state index in [-0.39, 0.29) is 5.91 Å². The van der Waals surface area contributed by atoms with Crippen molar-refractivity contribution in [3.63, 3.8) is 0 Å². The molecule has 0 atom stereocenters. The van der Waals surface area contributed by atoms with Crippen molar-refractivity contribution >= 4 is 5.91 Å². The van der Waals surface area contributed by atoms with Crippen molar-refractivity contribution < 1.29 is 14.1 Å². The molecular formula is C22H25N3O3. The van der Waals surface area contributed by atoms with E-state index in [1.165, 1.54) is 0 Å². The van der Waals surface area contributed by atoms with Crippen LogP contribution in [0.1, 0.15) is 45.9 Å². The van der Waals surface area contributed by atoms with Crippen molar-refractivity contribution in [3.8, 4) is 11.6 Å². The molecule has 2 heterocycles. The molecule has 4 rings (SSSR count). The Morgan fingerprint density at radius 1 is 1.21 bits per heavy atom. The van der Waals surface area contributed by atoms with E-state index < -0.39 is 0 Å². The Bertz CT molecular complexity index is 997. The van der Waals surface area contributed by atoms with Crippen molar-refractivity contribution in [3.05, 3.63) is 64.7 Å². The molecule has 146 valence electrons. The molecule has 0 spiro atoms. The number of nitrogens with zero attached hydrogens (tertiary/aromatic N) is 3. The second-order valence-corrected chi connectivity index (χ2v) is 7.43. The van der Waals surface area contributed by atoms with E-state index in [0.29, 0.717) is 18.4 Å². The number of hydrogen-bond acceptors (Lipinski definition) is 4. The van der Waals surface area contributed by atoms with E-state index in [4.69, 9.17) is 9.26 Å². The number of carbonyl (C=O) groups is 1. The number of aromatic nitrogens is 2. The van der Waals surface area contributed by atoms with Crippen LogP contribution in [0.4, 0.5) is 0 Å². The number of benzene rings is 1. The number of rotatable bonds is 6. The summed E-state index contributed by atoms with van der Waals surface area (Å²) in [7, 11) is 1.65. The molecule has 0 radical (unpaired) electrons. The van der Waals surface area contributed by atoms with Crippen molar-refractivity contribution in [1.29, 1.82) is 0 Å². The number of carbonyl (C=O) groups excluding carboxylic acids is 1. The van der Waals surface area contributed by atoms with Gasteiger partial charge in [-0.15, -0.1) is 0 Å². The van der Waals surface area contributed by atoms with Crippen LogP contribution in [0.15, 0.2) is 40.9 Å². The maximum Gasteiger partial charge on any atom is 0.256 e. The maximum absolute atomic E-state index is 13.4. The van der Waals surface area contributed by atoms with Gasteiger partial charge in [0, 0.05) is 30.0 Å². The van der Waals surface area contributed by atoms with Crippen LogP contribution in [0.5, 0.6) is 5.75 Å². The lowest BCUT2D eigenvalue weighted by molar-refractivity contribution is 0.0729. The summed E-state index contributed by atoms with van der Waals surface area (Å²) in [5.74, 6) is 2.34. The molecule has 0 aliphatic heterocycles. The SMILES string of the molecule is COc1ccc(CN(C(=O)c2cc(C)n(-c3cc(C)on3)c2C)C2CC2)cc1. The Labute approximate surface area is 164 Å². The molecule has 6 heteroatoms. The van der Waals surface area contributed by atoms with Crippen LogP contribution in [-0.4, -0.2) is 33.7 Å². The summed E-state index contributed by atoms with van der Waals surface area (Å²) in [5, 5.41) is 4.11. The molecule has 6 nitrogen and oxygen atoms in total. The van der Waals surface area contributed by atoms with Crippen molar-refractivity contribution in [2.45, 2.75) is 46.2 Å². The predicted octanol–water partition coefficient (Wildman–Crippen LogP) is 4.20. The Morgan fingerprint density at radius 2 is 1.93 bits per heavy atom. The van der Waals surface area contributed by atoms with E-state index in [9.17, 15) is 4.79 Å². The molecule has 1 aromatic carbocycles. The molecule has 0 bridgehead atoms. The molecule has 1 amide bonds. The van der Waals surface area contributed by atoms with Gasteiger partial charge >= 0.3 is 0 Å². The van der Waals surface area contributed by atoms with Crippen molar-refractivity contribution in [2.75, 3.05) is 7.11 Å². The monoisotopic (exact) mass is 379 g/mol. The molecule has 1 aliphatic rings. The summed E-state index contributed by atoms with van der Waals surface area (Å²) in [5.41, 5.74) is 3.67. The highest BCUT2D eigenvalue weighted by Gasteiger charge is 2.34. The molecule has 1 fully saturated rings. The number of aryl methyl sites for hydroxylation is 2. The third-order valence-corrected chi connectivity index (χ3v) is 5.27. The third-order valence-electron chi connectivity index (χ3n) is 5.27. The van der Waals surface area contributed by atoms with Crippen LogP contribution in [0.3, 0.4) is 0 Å². The minimum absolute atomic E-state index is 0.0675. The van der Waals surface area contributed by atoms with Gasteiger partial charge in [-0.05, 0) is 57.4 Å². The quantitative estimate of drug-likeness (QED) is 0.644. The van der Waals surface area contributed by atoms with Crippen LogP contribution >= 0.6 is 0 Å². The smallest absolute Gasteiger partial charge is 0.256 e. The topological polar surface area (TPSA) is 60.5 Å². The molecule has 2 aromatic heterocycles. The van der Waals surface area contributed by atoms with Gasteiger partial charge in [-0.2, -0.15) is 0 Å². The highest BCUT2D eigenvalue weighted by molar-refractivity contribution is 5.96. The zero-order valence-corrected chi connectivity index (χ0v) is 16.7. The first-order valence-corrected chi connectivity index (χ1v) is 9.54. The van der Waals surface area contributed by atoms with Crippen LogP contribution in [0.2, 0.25) is 0 Å². The zero-order chi connectivity index (χ0) is 19.8. The van der Waals surface area contributed by atoms with Crippen LogP contribution < -0.4 is 4.74 Å². The van der Waals surface area contributed by atoms with Crippen molar-refractivity contribution in [2.24, 2.45) is 0 Å². The first kappa shape index (κ1) is 18.3. The van der Waals surface area contributed by atoms with E-state index in [1.54, 1.807) is 7.11 Å². The summed E-state index contributed by atoms with van der Waals surface area (Å²) >= 11 is 0. The summed E-state index contributed by atoms with van der Waals surface area (Å²) in [6, 6.07) is 12.0. The molecule has 0 unspecified atom stereocenters. The average Bonchev–Trinajstić information content (AvgIpc) is 3.38. The Kier molecular flexibility index (Phi) is 4.71. The fourth-order valence-electron chi connectivity index (χ4n) is 3.63. The van der Waals surface area contributed by atoms with Crippen LogP contribution in [-0.2, 0) is 6.54 Å². The normalized spacial score (nSPS) is 13.6. The summed E-state index contributed by atoms with van der Waals surface area (Å²) < 4.78 is 12.4. The molecule has 0 N–H and O–H groups in total. The molecule has 0 saturated heterocycles. The standard InChI is InChI=1S/C22H25N3O3/c1-14-11-20(16(3)25(14)21-12-15(2)28-23-21)22(26)24(18-7-8-18)13-17-5-9-19(27-4)10-6-17/h5-6,9-12,18H,7-8,13H2,1-4H3. The van der Waals surface area contributed by atoms with Gasteiger partial charge < -0.3 is 14.2 Å². The minimum atomic E-state index is 0.0675. The summed E-state index contributed by atoms with van der Waals surface area (Å²) in [6.07, 6.45) is 2.12. The maximum atomic E-state index is 13.4. The first-order valence-electron chi connectivity index (χ1n) is 9.54. The zero-order valence-electron chi connectivity index (χ0n) is 16.7. The number of ether oxygens (including phenoxy) is 1. The summed E-state index contributed by atoms with van der Waals surface area (Å²) in [6.45, 7) is 6.40. The predicted molar refractivity (Wildman–Crippen MR) is 106 cm³/mol. The van der Waals surface area contributed by atoms with Gasteiger partial charge in [0.1, 0.15) is 11.5 Å². The molecular weight excluding hydrogens is 354 g/mol. The third kappa shape index (κ3) is 3.42. The fraction of sp³-hybridized carbons (Fsp3) is 0.364. The van der Waals surface area contributed by atoms with E-state index in [0.717, 1.165) is 46.9 Å². The average molecular weight is 379 g/mol. The Morgan fingerprint density at radius 3 is 2.50 bits per heavy atom. The minimum Gasteiger partial charge on any atom is -0.497 e. The highest BCUT2D eigenvalue weighted by atomic mass is 16.5. The first-order chi connectivity index (χ1) is 13.5. The molecule has 1 saturated carbocycles. The number of hydrogen-bond donors (Lipinski definition) is 0. The van der Waals surface area contributed by atoms with Gasteiger partial charge in [0.05, 0.1) is 12.7 Å². The molecule has 28 heavy (non-hydrogen) atoms. The van der Waals surface area contributed by atoms with Gasteiger partial charge in [-0.1, -0.05) is 17.3 Å². The lowest BCUT2D eigenvalue weighted by Crippen LogP contribution is -2.32. The lowest BCUT2D eigenvalue weighted by atomic mass is 10.1. The van der Waals surface area contributed by atoms with Gasteiger partial charge in [-0.3, -0.25) is 9.36 Å². The molecule has 3 aromatic rings. The van der Waals surface area contributed by atoms with E-state index in [2.05, 4.69) is 5.16 Å². The largest absolute Gasteiger partial charge is 0.497 e. The van der Waals surface area contributed by atoms with Gasteiger partial charge in [-0.25, -0.2) is 0 Å². The van der Waals surface area contributed by atoms with Crippen LogP contribution in [0.25, 0.3) is 5.82 Å². The highest BCUT2D eigenvalue weighted by Crippen LogP contribution is 2.32. The second-order valence-electron chi connectivity index (χ2n) is 7.43. The van der Waals surface area contributed by atoms with E-state index in [1.807, 2.05) is 66.6 Å². The Balaban J connectivity index is 1.62. The summed E-state index contributed by atoms with van der Waals surface area (Å²) in [4.78, 5) is 15.4. The number of methoxy groups -OCH3 is 1. The lowest BCUT2D eigenvalue weighted by Gasteiger charge is -2.23. The Hall–Kier alpha value is -3.02. The fourth-order valence-corrected chi connectivity index (χ4v) is 3.63. The second kappa shape index (κ2) is 7.19. The van der Waals surface area contributed by atoms with Gasteiger partial charge in [0.15, 0.2) is 5.82 Å².